The first kappa shape index (κ1) is 14.6. The van der Waals surface area contributed by atoms with E-state index in [1.165, 1.54) is 6.92 Å². The summed E-state index contributed by atoms with van der Waals surface area (Å²) in [6.45, 7) is 1.42. The monoisotopic (exact) mass is 307 g/mol. The predicted molar refractivity (Wildman–Crippen MR) is 80.6 cm³/mol. The average molecular weight is 308 g/mol. The third kappa shape index (κ3) is 3.18. The molecule has 0 unspecified atom stereocenters. The number of carbonyl (C=O) groups excluding carboxylic acids is 2. The minimum absolute atomic E-state index is 0.165. The Hall–Kier alpha value is -1.84. The molecule has 0 aromatic heterocycles. The lowest BCUT2D eigenvalue weighted by Crippen LogP contribution is -2.06. The maximum absolute atomic E-state index is 12.3. The summed E-state index contributed by atoms with van der Waals surface area (Å²) in [5.74, 6) is -0.381. The third-order valence-corrected chi connectivity index (χ3v) is 3.48. The van der Waals surface area contributed by atoms with Crippen LogP contribution in [0.1, 0.15) is 22.8 Å². The molecular weight excluding hydrogens is 297 g/mol. The van der Waals surface area contributed by atoms with Gasteiger partial charge in [-0.25, -0.2) is 0 Å². The van der Waals surface area contributed by atoms with Gasteiger partial charge in [-0.05, 0) is 36.4 Å². The highest BCUT2D eigenvalue weighted by Crippen LogP contribution is 2.27. The molecule has 0 aliphatic rings. The summed E-state index contributed by atoms with van der Waals surface area (Å²) in [7, 11) is 0. The molecule has 102 valence electrons. The first-order chi connectivity index (χ1) is 9.49. The quantitative estimate of drug-likeness (QED) is 0.865. The van der Waals surface area contributed by atoms with E-state index in [-0.39, 0.29) is 16.7 Å². The second-order valence-corrected chi connectivity index (χ2v) is 4.97. The van der Waals surface area contributed by atoms with Crippen LogP contribution < -0.4 is 5.32 Å². The van der Waals surface area contributed by atoms with E-state index in [9.17, 15) is 9.59 Å². The van der Waals surface area contributed by atoms with Gasteiger partial charge in [0.05, 0.1) is 10.0 Å². The number of ketones is 1. The van der Waals surface area contributed by atoms with Crippen LogP contribution in [0, 0.1) is 0 Å². The Labute approximate surface area is 126 Å². The van der Waals surface area contributed by atoms with Crippen molar-refractivity contribution in [2.24, 2.45) is 0 Å². The molecule has 20 heavy (non-hydrogen) atoms. The van der Waals surface area contributed by atoms with Gasteiger partial charge >= 0.3 is 0 Å². The fraction of sp³-hybridized carbons (Fsp3) is 0.0667. The van der Waals surface area contributed by atoms with Crippen molar-refractivity contribution in [3.63, 3.8) is 0 Å². The van der Waals surface area contributed by atoms with Gasteiger partial charge in [0, 0.05) is 23.7 Å². The lowest BCUT2D eigenvalue weighted by atomic mass is 10.0. The number of hydrogen-bond donors (Lipinski definition) is 1. The van der Waals surface area contributed by atoms with Gasteiger partial charge in [-0.15, -0.1) is 0 Å². The van der Waals surface area contributed by atoms with Gasteiger partial charge in [0.1, 0.15) is 0 Å². The normalized spacial score (nSPS) is 10.2. The van der Waals surface area contributed by atoms with E-state index in [1.807, 2.05) is 0 Å². The number of rotatable bonds is 3. The molecule has 0 aliphatic carbocycles. The zero-order chi connectivity index (χ0) is 14.7. The van der Waals surface area contributed by atoms with Gasteiger partial charge < -0.3 is 5.32 Å². The largest absolute Gasteiger partial charge is 0.326 e. The summed E-state index contributed by atoms with van der Waals surface area (Å²) >= 11 is 11.9. The summed E-state index contributed by atoms with van der Waals surface area (Å²) in [5, 5.41) is 3.21. The Balaban J connectivity index is 2.29. The van der Waals surface area contributed by atoms with Crippen molar-refractivity contribution in [1.29, 1.82) is 0 Å². The van der Waals surface area contributed by atoms with E-state index < -0.39 is 0 Å². The minimum Gasteiger partial charge on any atom is -0.326 e. The lowest BCUT2D eigenvalue weighted by Gasteiger charge is -2.06. The van der Waals surface area contributed by atoms with Gasteiger partial charge in [0.25, 0.3) is 0 Å². The van der Waals surface area contributed by atoms with Crippen LogP contribution in [0.2, 0.25) is 10.0 Å². The molecule has 0 atom stereocenters. The number of anilines is 1. The van der Waals surface area contributed by atoms with E-state index in [0.29, 0.717) is 21.8 Å². The van der Waals surface area contributed by atoms with E-state index in [4.69, 9.17) is 23.2 Å². The number of amides is 1. The Morgan fingerprint density at radius 2 is 1.65 bits per heavy atom. The lowest BCUT2D eigenvalue weighted by molar-refractivity contribution is -0.114. The van der Waals surface area contributed by atoms with Gasteiger partial charge in [-0.2, -0.15) is 0 Å². The maximum Gasteiger partial charge on any atom is 0.221 e. The minimum atomic E-state index is -0.216. The molecular formula is C15H11Cl2NO2. The third-order valence-electron chi connectivity index (χ3n) is 2.66. The van der Waals surface area contributed by atoms with Crippen LogP contribution in [0.4, 0.5) is 5.69 Å². The molecule has 0 heterocycles. The summed E-state index contributed by atoms with van der Waals surface area (Å²) in [5.41, 5.74) is 1.46. The second-order valence-electron chi connectivity index (χ2n) is 4.19. The number of benzene rings is 2. The molecule has 5 heteroatoms. The molecule has 3 nitrogen and oxygen atoms in total. The zero-order valence-corrected chi connectivity index (χ0v) is 12.1. The molecule has 1 N–H and O–H groups in total. The standard InChI is InChI=1S/C15H11Cl2NO2/c1-9(19)18-11-7-5-10(6-8-11)15(20)12-3-2-4-13(16)14(12)17/h2-8H,1H3,(H,18,19). The Bertz CT molecular complexity index is 666. The first-order valence-corrected chi connectivity index (χ1v) is 6.61. The molecule has 0 spiro atoms. The number of carbonyl (C=O) groups is 2. The first-order valence-electron chi connectivity index (χ1n) is 5.85. The van der Waals surface area contributed by atoms with Crippen molar-refractivity contribution >= 4 is 40.6 Å². The predicted octanol–water partition coefficient (Wildman–Crippen LogP) is 4.18. The van der Waals surface area contributed by atoms with Crippen LogP contribution in [0.5, 0.6) is 0 Å². The fourth-order valence-electron chi connectivity index (χ4n) is 1.74. The molecule has 0 saturated heterocycles. The van der Waals surface area contributed by atoms with Crippen molar-refractivity contribution in [3.05, 3.63) is 63.6 Å². The topological polar surface area (TPSA) is 46.2 Å². The molecule has 0 fully saturated rings. The smallest absolute Gasteiger partial charge is 0.221 e. The second kappa shape index (κ2) is 6.07. The van der Waals surface area contributed by atoms with Gasteiger partial charge in [-0.3, -0.25) is 9.59 Å². The van der Waals surface area contributed by atoms with Gasteiger partial charge in [0.15, 0.2) is 5.78 Å². The van der Waals surface area contributed by atoms with Crippen molar-refractivity contribution in [3.8, 4) is 0 Å². The molecule has 0 saturated carbocycles. The SMILES string of the molecule is CC(=O)Nc1ccc(C(=O)c2cccc(Cl)c2Cl)cc1. The highest BCUT2D eigenvalue weighted by Gasteiger charge is 2.14. The molecule has 2 rings (SSSR count). The maximum atomic E-state index is 12.3. The fourth-order valence-corrected chi connectivity index (χ4v) is 2.13. The van der Waals surface area contributed by atoms with Crippen molar-refractivity contribution < 1.29 is 9.59 Å². The molecule has 2 aromatic carbocycles. The van der Waals surface area contributed by atoms with E-state index >= 15 is 0 Å². The van der Waals surface area contributed by atoms with E-state index in [1.54, 1.807) is 42.5 Å². The van der Waals surface area contributed by atoms with Crippen molar-refractivity contribution in [1.82, 2.24) is 0 Å². The Kier molecular flexibility index (Phi) is 4.42. The van der Waals surface area contributed by atoms with Gasteiger partial charge in [0.2, 0.25) is 5.91 Å². The summed E-state index contributed by atoms with van der Waals surface area (Å²) < 4.78 is 0. The molecule has 0 radical (unpaired) electrons. The van der Waals surface area contributed by atoms with Crippen LogP contribution in [0.15, 0.2) is 42.5 Å². The summed E-state index contributed by atoms with van der Waals surface area (Å²) in [4.78, 5) is 23.2. The molecule has 0 aliphatic heterocycles. The van der Waals surface area contributed by atoms with Crippen LogP contribution in [-0.4, -0.2) is 11.7 Å². The van der Waals surface area contributed by atoms with Crippen molar-refractivity contribution in [2.45, 2.75) is 6.92 Å². The summed E-state index contributed by atoms with van der Waals surface area (Å²) in [6, 6.07) is 11.5. The Morgan fingerprint density at radius 1 is 1.00 bits per heavy atom. The summed E-state index contributed by atoms with van der Waals surface area (Å²) in [6.07, 6.45) is 0. The highest BCUT2D eigenvalue weighted by molar-refractivity contribution is 6.44. The zero-order valence-electron chi connectivity index (χ0n) is 10.6. The Morgan fingerprint density at radius 3 is 2.25 bits per heavy atom. The van der Waals surface area contributed by atoms with Gasteiger partial charge in [-0.1, -0.05) is 29.3 Å². The number of halogens is 2. The molecule has 1 amide bonds. The van der Waals surface area contributed by atoms with Crippen LogP contribution in [0.3, 0.4) is 0 Å². The van der Waals surface area contributed by atoms with E-state index in [2.05, 4.69) is 5.32 Å². The van der Waals surface area contributed by atoms with Crippen LogP contribution >= 0.6 is 23.2 Å². The highest BCUT2D eigenvalue weighted by atomic mass is 35.5. The van der Waals surface area contributed by atoms with Crippen LogP contribution in [0.25, 0.3) is 0 Å². The van der Waals surface area contributed by atoms with Crippen molar-refractivity contribution in [2.75, 3.05) is 5.32 Å². The molecule has 0 bridgehead atoms. The number of nitrogens with one attached hydrogen (secondary N) is 1. The number of hydrogen-bond acceptors (Lipinski definition) is 2. The average Bonchev–Trinajstić information content (AvgIpc) is 2.41. The van der Waals surface area contributed by atoms with E-state index in [0.717, 1.165) is 0 Å². The molecule has 2 aromatic rings. The van der Waals surface area contributed by atoms with Crippen LogP contribution in [-0.2, 0) is 4.79 Å².